The Balaban J connectivity index is 2.45. The summed E-state index contributed by atoms with van der Waals surface area (Å²) in [6.07, 6.45) is 1.51. The van der Waals surface area contributed by atoms with Crippen molar-refractivity contribution in [2.24, 2.45) is 5.73 Å². The second-order valence-corrected chi connectivity index (χ2v) is 0.895. The van der Waals surface area contributed by atoms with Gasteiger partial charge < -0.3 is 10.6 Å². The highest BCUT2D eigenvalue weighted by atomic mass is 16.7. The predicted octanol–water partition coefficient (Wildman–Crippen LogP) is -1.22. The molecular weight excluding hydrogens is 82.0 g/mol. The molecule has 0 bridgehead atoms. The second kappa shape index (κ2) is 1.06. The lowest BCUT2D eigenvalue weighted by atomic mass is 10.9. The SMILES string of the molecule is NC1=CNNO1. The summed E-state index contributed by atoms with van der Waals surface area (Å²) in [5, 5.41) is 0. The van der Waals surface area contributed by atoms with E-state index in [-0.39, 0.29) is 0 Å². The molecule has 0 unspecified atom stereocenters. The van der Waals surface area contributed by atoms with E-state index in [1.165, 1.54) is 6.20 Å². The fraction of sp³-hybridized carbons (Fsp3) is 0. The quantitative estimate of drug-likeness (QED) is 0.346. The van der Waals surface area contributed by atoms with Crippen molar-refractivity contribution < 1.29 is 4.84 Å². The van der Waals surface area contributed by atoms with Gasteiger partial charge in [-0.1, -0.05) is 5.59 Å². The first-order valence-corrected chi connectivity index (χ1v) is 1.52. The van der Waals surface area contributed by atoms with Crippen molar-refractivity contribution in [3.05, 3.63) is 12.1 Å². The van der Waals surface area contributed by atoms with Gasteiger partial charge in [-0.25, -0.2) is 0 Å². The van der Waals surface area contributed by atoms with E-state index in [2.05, 4.69) is 15.9 Å². The Morgan fingerprint density at radius 1 is 1.83 bits per heavy atom. The van der Waals surface area contributed by atoms with Gasteiger partial charge in [0.2, 0.25) is 5.88 Å². The van der Waals surface area contributed by atoms with E-state index >= 15 is 0 Å². The highest BCUT2D eigenvalue weighted by Gasteiger charge is 1.93. The van der Waals surface area contributed by atoms with Crippen LogP contribution in [0.5, 0.6) is 0 Å². The molecule has 4 nitrogen and oxygen atoms in total. The number of hydrogen-bond donors (Lipinski definition) is 3. The smallest absolute Gasteiger partial charge is 0.229 e. The third-order valence-corrected chi connectivity index (χ3v) is 0.442. The molecule has 0 atom stereocenters. The molecule has 4 heteroatoms. The van der Waals surface area contributed by atoms with E-state index in [9.17, 15) is 0 Å². The monoisotopic (exact) mass is 87.0 g/mol. The molecule has 1 aliphatic heterocycles. The van der Waals surface area contributed by atoms with Gasteiger partial charge in [-0.05, 0) is 0 Å². The molecular formula is C2H5N3O. The zero-order valence-corrected chi connectivity index (χ0v) is 3.06. The van der Waals surface area contributed by atoms with E-state index in [0.717, 1.165) is 0 Å². The van der Waals surface area contributed by atoms with Crippen molar-refractivity contribution in [1.29, 1.82) is 0 Å². The Morgan fingerprint density at radius 3 is 2.83 bits per heavy atom. The summed E-state index contributed by atoms with van der Waals surface area (Å²) in [6.45, 7) is 0. The first-order valence-electron chi connectivity index (χ1n) is 1.52. The fourth-order valence-corrected chi connectivity index (χ4v) is 0.218. The molecule has 0 saturated carbocycles. The lowest BCUT2D eigenvalue weighted by Gasteiger charge is -1.89. The van der Waals surface area contributed by atoms with Gasteiger partial charge in [-0.15, -0.1) is 0 Å². The highest BCUT2D eigenvalue weighted by molar-refractivity contribution is 4.85. The summed E-state index contributed by atoms with van der Waals surface area (Å²) >= 11 is 0. The fourth-order valence-electron chi connectivity index (χ4n) is 0.218. The van der Waals surface area contributed by atoms with Gasteiger partial charge in [0.1, 0.15) is 0 Å². The topological polar surface area (TPSA) is 59.3 Å². The molecule has 1 heterocycles. The van der Waals surface area contributed by atoms with Gasteiger partial charge in [0.15, 0.2) is 0 Å². The van der Waals surface area contributed by atoms with Crippen LogP contribution in [0.25, 0.3) is 0 Å². The predicted molar refractivity (Wildman–Crippen MR) is 19.6 cm³/mol. The van der Waals surface area contributed by atoms with E-state index in [0.29, 0.717) is 5.88 Å². The van der Waals surface area contributed by atoms with Crippen molar-refractivity contribution in [2.45, 2.75) is 0 Å². The molecule has 0 saturated heterocycles. The van der Waals surface area contributed by atoms with Crippen LogP contribution in [0.1, 0.15) is 0 Å². The molecule has 4 N–H and O–H groups in total. The Kier molecular flexibility index (Phi) is 0.582. The summed E-state index contributed by atoms with van der Waals surface area (Å²) in [7, 11) is 0. The van der Waals surface area contributed by atoms with Crippen LogP contribution in [-0.4, -0.2) is 0 Å². The maximum absolute atomic E-state index is 5.05. The van der Waals surface area contributed by atoms with Crippen molar-refractivity contribution in [3.63, 3.8) is 0 Å². The van der Waals surface area contributed by atoms with Gasteiger partial charge in [0, 0.05) is 0 Å². The van der Waals surface area contributed by atoms with Gasteiger partial charge in [-0.3, -0.25) is 5.43 Å². The zero-order chi connectivity index (χ0) is 4.41. The molecule has 0 aromatic heterocycles. The van der Waals surface area contributed by atoms with Crippen LogP contribution >= 0.6 is 0 Å². The standard InChI is InChI=1S/C2H5N3O/c3-2-1-4-5-6-2/h1,4-5H,3H2. The van der Waals surface area contributed by atoms with Crippen molar-refractivity contribution in [1.82, 2.24) is 11.0 Å². The van der Waals surface area contributed by atoms with Crippen LogP contribution in [-0.2, 0) is 4.84 Å². The number of nitrogens with two attached hydrogens (primary N) is 1. The molecule has 0 aliphatic carbocycles. The first-order chi connectivity index (χ1) is 2.89. The van der Waals surface area contributed by atoms with Crippen LogP contribution in [0, 0.1) is 0 Å². The third kappa shape index (κ3) is 0.367. The van der Waals surface area contributed by atoms with Crippen LogP contribution in [0.3, 0.4) is 0 Å². The molecule has 0 spiro atoms. The number of hydrazine groups is 1. The molecule has 1 aliphatic rings. The maximum atomic E-state index is 5.05. The normalized spacial score (nSPS) is 18.3. The summed E-state index contributed by atoms with van der Waals surface area (Å²) in [5.41, 5.74) is 9.87. The Labute approximate surface area is 34.9 Å². The van der Waals surface area contributed by atoms with Crippen molar-refractivity contribution in [2.75, 3.05) is 0 Å². The summed E-state index contributed by atoms with van der Waals surface area (Å²) in [6, 6.07) is 0. The number of nitrogens with one attached hydrogen (secondary N) is 2. The molecule has 0 aromatic rings. The molecule has 0 amide bonds. The number of hydrogen-bond acceptors (Lipinski definition) is 4. The second-order valence-electron chi connectivity index (χ2n) is 0.895. The molecule has 1 rings (SSSR count). The van der Waals surface area contributed by atoms with Crippen molar-refractivity contribution in [3.8, 4) is 0 Å². The average Bonchev–Trinajstić information content (AvgIpc) is 1.86. The van der Waals surface area contributed by atoms with Gasteiger partial charge >= 0.3 is 0 Å². The van der Waals surface area contributed by atoms with Crippen LogP contribution in [0.15, 0.2) is 12.1 Å². The molecule has 0 aromatic carbocycles. The Bertz CT molecular complexity index is 78.9. The van der Waals surface area contributed by atoms with E-state index < -0.39 is 0 Å². The summed E-state index contributed by atoms with van der Waals surface area (Å²) < 4.78 is 0. The summed E-state index contributed by atoms with van der Waals surface area (Å²) in [5.74, 6) is 0.356. The minimum Gasteiger partial charge on any atom is -0.370 e. The van der Waals surface area contributed by atoms with E-state index in [1.54, 1.807) is 0 Å². The minimum absolute atomic E-state index is 0.356. The molecule has 0 radical (unpaired) electrons. The minimum atomic E-state index is 0.356. The lowest BCUT2D eigenvalue weighted by Crippen LogP contribution is -2.18. The summed E-state index contributed by atoms with van der Waals surface area (Å²) in [4.78, 5) is 4.43. The lowest BCUT2D eigenvalue weighted by molar-refractivity contribution is 0.110. The van der Waals surface area contributed by atoms with Crippen molar-refractivity contribution >= 4 is 0 Å². The zero-order valence-electron chi connectivity index (χ0n) is 3.06. The van der Waals surface area contributed by atoms with E-state index in [1.807, 2.05) is 0 Å². The Morgan fingerprint density at radius 2 is 2.67 bits per heavy atom. The molecule has 34 valence electrons. The van der Waals surface area contributed by atoms with Gasteiger partial charge in [-0.2, -0.15) is 0 Å². The number of rotatable bonds is 0. The van der Waals surface area contributed by atoms with Crippen LogP contribution in [0.4, 0.5) is 0 Å². The average molecular weight is 87.1 g/mol. The Hall–Kier alpha value is -0.900. The molecule has 6 heavy (non-hydrogen) atoms. The largest absolute Gasteiger partial charge is 0.370 e. The maximum Gasteiger partial charge on any atom is 0.229 e. The van der Waals surface area contributed by atoms with E-state index in [4.69, 9.17) is 5.73 Å². The highest BCUT2D eigenvalue weighted by Crippen LogP contribution is 1.82. The van der Waals surface area contributed by atoms with Crippen LogP contribution in [0.2, 0.25) is 0 Å². The molecule has 0 fully saturated rings. The van der Waals surface area contributed by atoms with Gasteiger partial charge in [0.05, 0.1) is 6.20 Å². The van der Waals surface area contributed by atoms with Crippen LogP contribution < -0.4 is 16.7 Å². The van der Waals surface area contributed by atoms with Gasteiger partial charge in [0.25, 0.3) is 0 Å². The first kappa shape index (κ1) is 3.30. The third-order valence-electron chi connectivity index (χ3n) is 0.442.